The molecule has 0 heterocycles. The Balaban J connectivity index is 2.26. The number of nitrogens with zero attached hydrogens (tertiary/aromatic N) is 1. The van der Waals surface area contributed by atoms with Gasteiger partial charge >= 0.3 is 5.97 Å². The predicted octanol–water partition coefficient (Wildman–Crippen LogP) is 2.88. The maximum Gasteiger partial charge on any atom is 0.336 e. The summed E-state index contributed by atoms with van der Waals surface area (Å²) in [5, 5.41) is 19.9. The summed E-state index contributed by atoms with van der Waals surface area (Å²) in [6.07, 6.45) is 0. The van der Waals surface area contributed by atoms with Crippen LogP contribution in [0.1, 0.15) is 15.9 Å². The van der Waals surface area contributed by atoms with Gasteiger partial charge in [-0.25, -0.2) is 4.79 Å². The molecule has 0 atom stereocenters. The number of nitro benzene ring substituents is 1. The average molecular weight is 303 g/mol. The molecule has 0 aliphatic heterocycles. The quantitative estimate of drug-likeness (QED) is 0.650. The minimum Gasteiger partial charge on any atom is -0.493 e. The van der Waals surface area contributed by atoms with Crippen LogP contribution in [-0.4, -0.2) is 23.1 Å². The van der Waals surface area contributed by atoms with Crippen LogP contribution >= 0.6 is 0 Å². The third-order valence-electron chi connectivity index (χ3n) is 2.99. The van der Waals surface area contributed by atoms with Crippen molar-refractivity contribution in [2.24, 2.45) is 0 Å². The van der Waals surface area contributed by atoms with Crippen LogP contribution in [0, 0.1) is 10.1 Å². The Morgan fingerprint density at radius 1 is 1.23 bits per heavy atom. The number of rotatable bonds is 6. The number of ether oxygens (including phenoxy) is 2. The first-order chi connectivity index (χ1) is 10.5. The molecule has 0 fully saturated rings. The molecule has 0 saturated carbocycles. The van der Waals surface area contributed by atoms with E-state index in [-0.39, 0.29) is 17.9 Å². The third kappa shape index (κ3) is 3.32. The lowest BCUT2D eigenvalue weighted by Crippen LogP contribution is -2.07. The van der Waals surface area contributed by atoms with Crippen LogP contribution in [0.3, 0.4) is 0 Å². The van der Waals surface area contributed by atoms with Gasteiger partial charge in [-0.1, -0.05) is 12.1 Å². The van der Waals surface area contributed by atoms with Gasteiger partial charge in [-0.15, -0.1) is 0 Å². The molecule has 2 aromatic carbocycles. The summed E-state index contributed by atoms with van der Waals surface area (Å²) >= 11 is 0. The van der Waals surface area contributed by atoms with Crippen molar-refractivity contribution in [1.29, 1.82) is 0 Å². The van der Waals surface area contributed by atoms with E-state index in [1.54, 1.807) is 24.3 Å². The summed E-state index contributed by atoms with van der Waals surface area (Å²) in [6, 6.07) is 10.6. The van der Waals surface area contributed by atoms with E-state index in [4.69, 9.17) is 14.6 Å². The maximum atomic E-state index is 11.2. The monoisotopic (exact) mass is 303 g/mol. The third-order valence-corrected chi connectivity index (χ3v) is 2.99. The fourth-order valence-corrected chi connectivity index (χ4v) is 1.90. The lowest BCUT2D eigenvalue weighted by atomic mass is 10.1. The number of methoxy groups -OCH3 is 1. The number of hydrogen-bond acceptors (Lipinski definition) is 5. The van der Waals surface area contributed by atoms with Crippen molar-refractivity contribution in [1.82, 2.24) is 0 Å². The van der Waals surface area contributed by atoms with Crippen LogP contribution in [0.15, 0.2) is 42.5 Å². The Labute approximate surface area is 125 Å². The normalized spacial score (nSPS) is 10.0. The van der Waals surface area contributed by atoms with E-state index in [2.05, 4.69) is 0 Å². The summed E-state index contributed by atoms with van der Waals surface area (Å²) in [5.41, 5.74) is -0.105. The van der Waals surface area contributed by atoms with E-state index in [0.717, 1.165) is 6.07 Å². The number of non-ortho nitro benzene ring substituents is 1. The summed E-state index contributed by atoms with van der Waals surface area (Å²) in [4.78, 5) is 21.3. The molecule has 0 aliphatic rings. The van der Waals surface area contributed by atoms with Crippen LogP contribution in [0.2, 0.25) is 0 Å². The fourth-order valence-electron chi connectivity index (χ4n) is 1.90. The molecule has 0 aromatic heterocycles. The highest BCUT2D eigenvalue weighted by atomic mass is 16.6. The minimum absolute atomic E-state index is 0.0417. The predicted molar refractivity (Wildman–Crippen MR) is 77.4 cm³/mol. The molecule has 7 heteroatoms. The second-order valence-corrected chi connectivity index (χ2v) is 4.34. The van der Waals surface area contributed by atoms with Crippen LogP contribution in [0.5, 0.6) is 11.5 Å². The second kappa shape index (κ2) is 6.57. The number of carbonyl (C=O) groups is 1. The van der Waals surface area contributed by atoms with Gasteiger partial charge in [0, 0.05) is 17.7 Å². The van der Waals surface area contributed by atoms with Crippen molar-refractivity contribution in [2.45, 2.75) is 6.61 Å². The molecule has 0 unspecified atom stereocenters. The molecule has 0 spiro atoms. The van der Waals surface area contributed by atoms with Crippen LogP contribution in [0.4, 0.5) is 5.69 Å². The lowest BCUT2D eigenvalue weighted by molar-refractivity contribution is -0.384. The van der Waals surface area contributed by atoms with Gasteiger partial charge in [0.15, 0.2) is 11.5 Å². The number of carboxylic acids is 1. The number of aromatic carboxylic acids is 1. The Kier molecular flexibility index (Phi) is 4.57. The highest BCUT2D eigenvalue weighted by molar-refractivity contribution is 5.90. The summed E-state index contributed by atoms with van der Waals surface area (Å²) in [6.45, 7) is -0.0417. The topological polar surface area (TPSA) is 98.9 Å². The molecular weight excluding hydrogens is 290 g/mol. The van der Waals surface area contributed by atoms with Gasteiger partial charge in [0.1, 0.15) is 6.61 Å². The SMILES string of the molecule is COc1ccccc1OCc1ccc([N+](=O)[O-])cc1C(=O)O. The molecular formula is C15H13NO6. The highest BCUT2D eigenvalue weighted by Gasteiger charge is 2.16. The molecule has 2 rings (SSSR count). The van der Waals surface area contributed by atoms with E-state index >= 15 is 0 Å². The number of hydrogen-bond donors (Lipinski definition) is 1. The zero-order valence-electron chi connectivity index (χ0n) is 11.7. The molecule has 22 heavy (non-hydrogen) atoms. The maximum absolute atomic E-state index is 11.2. The molecule has 1 N–H and O–H groups in total. The Morgan fingerprint density at radius 3 is 2.50 bits per heavy atom. The van der Waals surface area contributed by atoms with Gasteiger partial charge in [0.25, 0.3) is 5.69 Å². The van der Waals surface area contributed by atoms with Crippen molar-refractivity contribution >= 4 is 11.7 Å². The number of benzene rings is 2. The van der Waals surface area contributed by atoms with E-state index in [9.17, 15) is 14.9 Å². The van der Waals surface area contributed by atoms with Crippen LogP contribution in [-0.2, 0) is 6.61 Å². The molecule has 2 aromatic rings. The Hall–Kier alpha value is -3.09. The van der Waals surface area contributed by atoms with Crippen LogP contribution in [0.25, 0.3) is 0 Å². The summed E-state index contributed by atoms with van der Waals surface area (Å²) in [7, 11) is 1.50. The molecule has 0 amide bonds. The molecule has 7 nitrogen and oxygen atoms in total. The molecule has 114 valence electrons. The van der Waals surface area contributed by atoms with Gasteiger partial charge in [0.05, 0.1) is 17.6 Å². The molecule has 0 radical (unpaired) electrons. The molecule has 0 aliphatic carbocycles. The van der Waals surface area contributed by atoms with E-state index in [1.165, 1.54) is 19.2 Å². The van der Waals surface area contributed by atoms with Gasteiger partial charge in [-0.2, -0.15) is 0 Å². The lowest BCUT2D eigenvalue weighted by Gasteiger charge is -2.11. The fraction of sp³-hybridized carbons (Fsp3) is 0.133. The van der Waals surface area contributed by atoms with Gasteiger partial charge in [0.2, 0.25) is 0 Å². The Bertz CT molecular complexity index is 713. The first-order valence-corrected chi connectivity index (χ1v) is 6.29. The average Bonchev–Trinajstić information content (AvgIpc) is 2.52. The van der Waals surface area contributed by atoms with Gasteiger partial charge < -0.3 is 14.6 Å². The standard InChI is InChI=1S/C15H13NO6/c1-21-13-4-2-3-5-14(13)22-9-10-6-7-11(16(19)20)8-12(10)15(17)18/h2-8H,9H2,1H3,(H,17,18). The summed E-state index contributed by atoms with van der Waals surface area (Å²) in [5.74, 6) is -0.275. The van der Waals surface area contributed by atoms with Crippen molar-refractivity contribution < 1.29 is 24.3 Å². The van der Waals surface area contributed by atoms with Crippen molar-refractivity contribution in [3.63, 3.8) is 0 Å². The first kappa shape index (κ1) is 15.3. The number of nitro groups is 1. The second-order valence-electron chi connectivity index (χ2n) is 4.34. The van der Waals surface area contributed by atoms with Crippen molar-refractivity contribution in [3.8, 4) is 11.5 Å². The smallest absolute Gasteiger partial charge is 0.336 e. The van der Waals surface area contributed by atoms with Crippen molar-refractivity contribution in [2.75, 3.05) is 7.11 Å². The zero-order chi connectivity index (χ0) is 16.1. The molecule has 0 bridgehead atoms. The number of carboxylic acid groups (broad SMARTS) is 1. The Morgan fingerprint density at radius 2 is 1.91 bits per heavy atom. The number of para-hydroxylation sites is 2. The van der Waals surface area contributed by atoms with E-state index < -0.39 is 10.9 Å². The molecule has 0 saturated heterocycles. The largest absolute Gasteiger partial charge is 0.493 e. The van der Waals surface area contributed by atoms with Crippen LogP contribution < -0.4 is 9.47 Å². The minimum atomic E-state index is -1.25. The van der Waals surface area contributed by atoms with Gasteiger partial charge in [-0.05, 0) is 18.2 Å². The first-order valence-electron chi connectivity index (χ1n) is 6.29. The van der Waals surface area contributed by atoms with Gasteiger partial charge in [-0.3, -0.25) is 10.1 Å². The van der Waals surface area contributed by atoms with Crippen molar-refractivity contribution in [3.05, 3.63) is 63.7 Å². The zero-order valence-corrected chi connectivity index (χ0v) is 11.7. The summed E-state index contributed by atoms with van der Waals surface area (Å²) < 4.78 is 10.7. The highest BCUT2D eigenvalue weighted by Crippen LogP contribution is 2.27. The van der Waals surface area contributed by atoms with E-state index in [0.29, 0.717) is 17.1 Å². The van der Waals surface area contributed by atoms with E-state index in [1.807, 2.05) is 0 Å².